The van der Waals surface area contributed by atoms with E-state index in [0.29, 0.717) is 26.1 Å². The number of benzene rings is 1. The van der Waals surface area contributed by atoms with Gasteiger partial charge in [-0.1, -0.05) is 12.1 Å². The highest BCUT2D eigenvalue weighted by Gasteiger charge is 2.24. The molecule has 18 heavy (non-hydrogen) atoms. The Morgan fingerprint density at radius 2 is 1.78 bits per heavy atom. The molecule has 2 rings (SSSR count). The van der Waals surface area contributed by atoms with Crippen molar-refractivity contribution in [3.05, 3.63) is 35.6 Å². The van der Waals surface area contributed by atoms with Crippen molar-refractivity contribution in [2.75, 3.05) is 19.6 Å². The summed E-state index contributed by atoms with van der Waals surface area (Å²) in [6, 6.07) is 6.09. The highest BCUT2D eigenvalue weighted by Crippen LogP contribution is 2.11. The van der Waals surface area contributed by atoms with E-state index in [4.69, 9.17) is 0 Å². The Hall–Kier alpha value is -0.980. The second kappa shape index (κ2) is 5.77. The molecule has 1 aromatic rings. The molecule has 6 heteroatoms. The number of hydrogen-bond acceptors (Lipinski definition) is 2. The summed E-state index contributed by atoms with van der Waals surface area (Å²) < 4.78 is 40.4. The van der Waals surface area contributed by atoms with Gasteiger partial charge in [0.05, 0.1) is 0 Å². The SMILES string of the molecule is O=S(=O)(NCCc1ccc(F)cc1)N1CCCC1. The van der Waals surface area contributed by atoms with E-state index in [1.54, 1.807) is 12.1 Å². The summed E-state index contributed by atoms with van der Waals surface area (Å²) in [5.41, 5.74) is 0.917. The maximum atomic E-state index is 12.7. The van der Waals surface area contributed by atoms with Gasteiger partial charge >= 0.3 is 0 Å². The maximum Gasteiger partial charge on any atom is 0.279 e. The average Bonchev–Trinajstić information content (AvgIpc) is 2.86. The van der Waals surface area contributed by atoms with Crippen LogP contribution in [0.5, 0.6) is 0 Å². The lowest BCUT2D eigenvalue weighted by Crippen LogP contribution is -2.39. The van der Waals surface area contributed by atoms with Gasteiger partial charge in [0.25, 0.3) is 10.2 Å². The Morgan fingerprint density at radius 1 is 1.17 bits per heavy atom. The van der Waals surface area contributed by atoms with Crippen LogP contribution in [-0.4, -0.2) is 32.4 Å². The summed E-state index contributed by atoms with van der Waals surface area (Å²) in [6.45, 7) is 1.54. The lowest BCUT2D eigenvalue weighted by molar-refractivity contribution is 0.465. The fourth-order valence-corrected chi connectivity index (χ4v) is 3.28. The number of rotatable bonds is 5. The van der Waals surface area contributed by atoms with Crippen molar-refractivity contribution in [3.8, 4) is 0 Å². The van der Waals surface area contributed by atoms with Gasteiger partial charge in [0.1, 0.15) is 5.82 Å². The van der Waals surface area contributed by atoms with E-state index in [1.807, 2.05) is 0 Å². The van der Waals surface area contributed by atoms with E-state index < -0.39 is 10.2 Å². The predicted molar refractivity (Wildman–Crippen MR) is 67.8 cm³/mol. The van der Waals surface area contributed by atoms with Gasteiger partial charge in [-0.15, -0.1) is 0 Å². The van der Waals surface area contributed by atoms with Gasteiger partial charge < -0.3 is 0 Å². The molecule has 0 amide bonds. The van der Waals surface area contributed by atoms with Crippen LogP contribution in [0, 0.1) is 5.82 Å². The molecule has 0 bridgehead atoms. The topological polar surface area (TPSA) is 49.4 Å². The standard InChI is InChI=1S/C12H17FN2O2S/c13-12-5-3-11(4-6-12)7-8-14-18(16,17)15-9-1-2-10-15/h3-6,14H,1-2,7-10H2. The van der Waals surface area contributed by atoms with Crippen LogP contribution in [0.2, 0.25) is 0 Å². The number of halogens is 1. The molecule has 0 unspecified atom stereocenters. The van der Waals surface area contributed by atoms with Crippen LogP contribution in [0.1, 0.15) is 18.4 Å². The van der Waals surface area contributed by atoms with Crippen LogP contribution in [0.25, 0.3) is 0 Å². The first-order chi connectivity index (χ1) is 8.58. The Morgan fingerprint density at radius 3 is 2.39 bits per heavy atom. The predicted octanol–water partition coefficient (Wildman–Crippen LogP) is 1.30. The van der Waals surface area contributed by atoms with E-state index in [9.17, 15) is 12.8 Å². The highest BCUT2D eigenvalue weighted by molar-refractivity contribution is 7.87. The minimum Gasteiger partial charge on any atom is -0.207 e. The highest BCUT2D eigenvalue weighted by atomic mass is 32.2. The first-order valence-corrected chi connectivity index (χ1v) is 7.51. The minimum absolute atomic E-state index is 0.281. The van der Waals surface area contributed by atoms with E-state index in [-0.39, 0.29) is 5.82 Å². The molecule has 100 valence electrons. The smallest absolute Gasteiger partial charge is 0.207 e. The molecule has 1 fully saturated rings. The van der Waals surface area contributed by atoms with E-state index in [1.165, 1.54) is 16.4 Å². The van der Waals surface area contributed by atoms with Crippen molar-refractivity contribution >= 4 is 10.2 Å². The average molecular weight is 272 g/mol. The molecule has 1 heterocycles. The molecular formula is C12H17FN2O2S. The second-order valence-corrected chi connectivity index (χ2v) is 6.14. The van der Waals surface area contributed by atoms with Crippen LogP contribution >= 0.6 is 0 Å². The summed E-state index contributed by atoms with van der Waals surface area (Å²) in [4.78, 5) is 0. The zero-order valence-electron chi connectivity index (χ0n) is 10.1. The molecule has 1 aromatic carbocycles. The molecule has 1 aliphatic heterocycles. The second-order valence-electron chi connectivity index (χ2n) is 4.38. The van der Waals surface area contributed by atoms with Crippen LogP contribution in [0.3, 0.4) is 0 Å². The van der Waals surface area contributed by atoms with Gasteiger partial charge in [-0.25, -0.2) is 9.11 Å². The third kappa shape index (κ3) is 3.51. The van der Waals surface area contributed by atoms with Gasteiger partial charge in [0.2, 0.25) is 0 Å². The van der Waals surface area contributed by atoms with Gasteiger partial charge in [0.15, 0.2) is 0 Å². The van der Waals surface area contributed by atoms with Crippen LogP contribution in [0.15, 0.2) is 24.3 Å². The van der Waals surface area contributed by atoms with Gasteiger partial charge in [-0.3, -0.25) is 0 Å². The van der Waals surface area contributed by atoms with Crippen molar-refractivity contribution in [2.24, 2.45) is 0 Å². The summed E-state index contributed by atoms with van der Waals surface area (Å²) in [5, 5.41) is 0. The zero-order valence-corrected chi connectivity index (χ0v) is 10.9. The molecule has 4 nitrogen and oxygen atoms in total. The quantitative estimate of drug-likeness (QED) is 0.878. The maximum absolute atomic E-state index is 12.7. The van der Waals surface area contributed by atoms with Crippen LogP contribution in [-0.2, 0) is 16.6 Å². The molecular weight excluding hydrogens is 255 g/mol. The molecule has 1 saturated heterocycles. The first kappa shape index (κ1) is 13.5. The lowest BCUT2D eigenvalue weighted by atomic mass is 10.1. The number of nitrogens with zero attached hydrogens (tertiary/aromatic N) is 1. The van der Waals surface area contributed by atoms with E-state index in [0.717, 1.165) is 18.4 Å². The van der Waals surface area contributed by atoms with Gasteiger partial charge in [0, 0.05) is 19.6 Å². The van der Waals surface area contributed by atoms with E-state index in [2.05, 4.69) is 4.72 Å². The molecule has 0 aromatic heterocycles. The minimum atomic E-state index is -3.33. The normalized spacial score (nSPS) is 17.2. The summed E-state index contributed by atoms with van der Waals surface area (Å²) in [5.74, 6) is -0.281. The van der Waals surface area contributed by atoms with Crippen molar-refractivity contribution < 1.29 is 12.8 Å². The number of nitrogens with one attached hydrogen (secondary N) is 1. The Bertz CT molecular complexity index is 481. The fraction of sp³-hybridized carbons (Fsp3) is 0.500. The van der Waals surface area contributed by atoms with Crippen molar-refractivity contribution in [1.29, 1.82) is 0 Å². The fourth-order valence-electron chi connectivity index (χ4n) is 2.00. The van der Waals surface area contributed by atoms with Gasteiger partial charge in [-0.2, -0.15) is 12.7 Å². The van der Waals surface area contributed by atoms with Crippen molar-refractivity contribution in [3.63, 3.8) is 0 Å². The lowest BCUT2D eigenvalue weighted by Gasteiger charge is -2.15. The van der Waals surface area contributed by atoms with Crippen LogP contribution < -0.4 is 4.72 Å². The third-order valence-corrected chi connectivity index (χ3v) is 4.63. The Balaban J connectivity index is 1.82. The largest absolute Gasteiger partial charge is 0.279 e. The summed E-state index contributed by atoms with van der Waals surface area (Å²) >= 11 is 0. The molecule has 1 aliphatic rings. The summed E-state index contributed by atoms with van der Waals surface area (Å²) in [7, 11) is -3.33. The molecule has 0 radical (unpaired) electrons. The molecule has 1 N–H and O–H groups in total. The third-order valence-electron chi connectivity index (χ3n) is 3.02. The molecule has 0 spiro atoms. The number of hydrogen-bond donors (Lipinski definition) is 1. The van der Waals surface area contributed by atoms with E-state index >= 15 is 0 Å². The van der Waals surface area contributed by atoms with Crippen molar-refractivity contribution in [2.45, 2.75) is 19.3 Å². The molecule has 0 atom stereocenters. The molecule has 0 aliphatic carbocycles. The first-order valence-electron chi connectivity index (χ1n) is 6.07. The Labute approximate surface area is 107 Å². The molecule has 0 saturated carbocycles. The zero-order chi connectivity index (χ0) is 13.0. The Kier molecular flexibility index (Phi) is 4.31. The van der Waals surface area contributed by atoms with Crippen LogP contribution in [0.4, 0.5) is 4.39 Å². The van der Waals surface area contributed by atoms with Gasteiger partial charge in [-0.05, 0) is 37.0 Å². The summed E-state index contributed by atoms with van der Waals surface area (Å²) in [6.07, 6.45) is 2.42. The monoisotopic (exact) mass is 272 g/mol. The van der Waals surface area contributed by atoms with Crippen molar-refractivity contribution in [1.82, 2.24) is 9.03 Å².